The fraction of sp³-hybridized carbons (Fsp3) is 0.400. The monoisotopic (exact) mass is 304 g/mol. The molecule has 1 aromatic heterocycles. The van der Waals surface area contributed by atoms with E-state index in [1.165, 1.54) is 11.3 Å². The zero-order valence-electron chi connectivity index (χ0n) is 11.9. The largest absolute Gasteiger partial charge is 0.372 e. The molecule has 1 aromatic carbocycles. The SMILES string of the molecule is CC1CN(C(=O)c2ccc3nc(C=O)sc3c2)CC(C)O1. The van der Waals surface area contributed by atoms with Crippen LogP contribution >= 0.6 is 11.3 Å². The molecule has 0 spiro atoms. The van der Waals surface area contributed by atoms with Gasteiger partial charge in [-0.2, -0.15) is 0 Å². The molecule has 1 fully saturated rings. The molecule has 1 aliphatic rings. The molecule has 1 amide bonds. The Morgan fingerprint density at radius 1 is 1.38 bits per heavy atom. The summed E-state index contributed by atoms with van der Waals surface area (Å²) in [6.45, 7) is 5.14. The van der Waals surface area contributed by atoms with Gasteiger partial charge in [-0.05, 0) is 32.0 Å². The van der Waals surface area contributed by atoms with Crippen molar-refractivity contribution in [2.75, 3.05) is 13.1 Å². The van der Waals surface area contributed by atoms with Crippen molar-refractivity contribution in [1.82, 2.24) is 9.88 Å². The van der Waals surface area contributed by atoms with Crippen LogP contribution in [-0.4, -0.2) is 47.4 Å². The summed E-state index contributed by atoms with van der Waals surface area (Å²) in [7, 11) is 0. The van der Waals surface area contributed by atoms with E-state index in [1.807, 2.05) is 24.8 Å². The van der Waals surface area contributed by atoms with Crippen molar-refractivity contribution in [3.05, 3.63) is 28.8 Å². The Hall–Kier alpha value is -1.79. The Kier molecular flexibility index (Phi) is 3.73. The third-order valence-corrected chi connectivity index (χ3v) is 4.40. The van der Waals surface area contributed by atoms with Crippen molar-refractivity contribution < 1.29 is 14.3 Å². The summed E-state index contributed by atoms with van der Waals surface area (Å²) in [6, 6.07) is 5.37. The maximum Gasteiger partial charge on any atom is 0.254 e. The van der Waals surface area contributed by atoms with Gasteiger partial charge in [0.2, 0.25) is 0 Å². The molecule has 1 aliphatic heterocycles. The molecule has 0 aliphatic carbocycles. The Balaban J connectivity index is 1.88. The lowest BCUT2D eigenvalue weighted by atomic mass is 10.1. The summed E-state index contributed by atoms with van der Waals surface area (Å²) in [4.78, 5) is 29.4. The Labute approximate surface area is 126 Å². The van der Waals surface area contributed by atoms with Crippen LogP contribution in [0.3, 0.4) is 0 Å². The number of nitrogens with zero attached hydrogens (tertiary/aromatic N) is 2. The fourth-order valence-corrected chi connectivity index (χ4v) is 3.47. The van der Waals surface area contributed by atoms with Gasteiger partial charge in [0.25, 0.3) is 5.91 Å². The third kappa shape index (κ3) is 2.82. The van der Waals surface area contributed by atoms with Crippen LogP contribution in [0, 0.1) is 0 Å². The Bertz CT molecular complexity index is 687. The second-order valence-corrected chi connectivity index (χ2v) is 6.38. The van der Waals surface area contributed by atoms with Crippen molar-refractivity contribution in [2.45, 2.75) is 26.1 Å². The number of benzene rings is 1. The topological polar surface area (TPSA) is 59.5 Å². The van der Waals surface area contributed by atoms with E-state index in [1.54, 1.807) is 12.1 Å². The minimum Gasteiger partial charge on any atom is -0.372 e. The lowest BCUT2D eigenvalue weighted by molar-refractivity contribution is -0.0586. The smallest absolute Gasteiger partial charge is 0.254 e. The van der Waals surface area contributed by atoms with Crippen LogP contribution in [0.2, 0.25) is 0 Å². The molecule has 3 rings (SSSR count). The molecular weight excluding hydrogens is 288 g/mol. The molecule has 0 radical (unpaired) electrons. The number of fused-ring (bicyclic) bond motifs is 1. The first-order valence-corrected chi connectivity index (χ1v) is 7.69. The maximum atomic E-state index is 12.6. The molecular formula is C15H16N2O3S. The number of carbonyl (C=O) groups is 2. The molecule has 2 atom stereocenters. The molecule has 6 heteroatoms. The molecule has 0 saturated carbocycles. The van der Waals surface area contributed by atoms with Gasteiger partial charge in [0, 0.05) is 18.7 Å². The molecule has 5 nitrogen and oxygen atoms in total. The summed E-state index contributed by atoms with van der Waals surface area (Å²) < 4.78 is 6.51. The maximum absolute atomic E-state index is 12.6. The number of morpholine rings is 1. The van der Waals surface area contributed by atoms with E-state index < -0.39 is 0 Å². The number of ether oxygens (including phenoxy) is 1. The van der Waals surface area contributed by atoms with Crippen LogP contribution in [0.25, 0.3) is 10.2 Å². The van der Waals surface area contributed by atoms with Crippen LogP contribution in [0.4, 0.5) is 0 Å². The van der Waals surface area contributed by atoms with Gasteiger partial charge in [-0.25, -0.2) is 4.98 Å². The molecule has 2 aromatic rings. The van der Waals surface area contributed by atoms with Gasteiger partial charge in [0.1, 0.15) is 0 Å². The average Bonchev–Trinajstić information content (AvgIpc) is 2.87. The molecule has 1 saturated heterocycles. The van der Waals surface area contributed by atoms with Crippen molar-refractivity contribution in [2.24, 2.45) is 0 Å². The minimum absolute atomic E-state index is 0.0000435. The lowest BCUT2D eigenvalue weighted by Crippen LogP contribution is -2.48. The van der Waals surface area contributed by atoms with Gasteiger partial charge in [-0.1, -0.05) is 0 Å². The Morgan fingerprint density at radius 2 is 2.10 bits per heavy atom. The zero-order chi connectivity index (χ0) is 15.0. The van der Waals surface area contributed by atoms with Crippen molar-refractivity contribution in [1.29, 1.82) is 0 Å². The highest BCUT2D eigenvalue weighted by Gasteiger charge is 2.26. The molecule has 0 N–H and O–H groups in total. The number of aldehydes is 1. The van der Waals surface area contributed by atoms with Crippen LogP contribution in [0.1, 0.15) is 34.0 Å². The quantitative estimate of drug-likeness (QED) is 0.799. The van der Waals surface area contributed by atoms with E-state index in [0.29, 0.717) is 23.7 Å². The first-order chi connectivity index (χ1) is 10.1. The summed E-state index contributed by atoms with van der Waals surface area (Å²) in [6.07, 6.45) is 0.829. The van der Waals surface area contributed by atoms with E-state index in [2.05, 4.69) is 4.98 Å². The van der Waals surface area contributed by atoms with Gasteiger partial charge < -0.3 is 9.64 Å². The highest BCUT2D eigenvalue weighted by Crippen LogP contribution is 2.23. The average molecular weight is 304 g/mol. The second kappa shape index (κ2) is 5.54. The summed E-state index contributed by atoms with van der Waals surface area (Å²) in [5, 5.41) is 0.434. The van der Waals surface area contributed by atoms with Crippen LogP contribution < -0.4 is 0 Å². The number of amides is 1. The number of hydrogen-bond donors (Lipinski definition) is 0. The first-order valence-electron chi connectivity index (χ1n) is 6.87. The van der Waals surface area contributed by atoms with Gasteiger partial charge >= 0.3 is 0 Å². The number of hydrogen-bond acceptors (Lipinski definition) is 5. The molecule has 2 heterocycles. The number of carbonyl (C=O) groups excluding carboxylic acids is 2. The van der Waals surface area contributed by atoms with E-state index in [4.69, 9.17) is 4.74 Å². The van der Waals surface area contributed by atoms with Gasteiger partial charge in [-0.15, -0.1) is 11.3 Å². The molecule has 21 heavy (non-hydrogen) atoms. The third-order valence-electron chi connectivity index (χ3n) is 3.46. The number of thiazole rings is 1. The normalized spacial score (nSPS) is 22.5. The highest BCUT2D eigenvalue weighted by molar-refractivity contribution is 7.20. The van der Waals surface area contributed by atoms with E-state index in [-0.39, 0.29) is 18.1 Å². The summed E-state index contributed by atoms with van der Waals surface area (Å²) in [5.41, 5.74) is 1.38. The van der Waals surface area contributed by atoms with Crippen LogP contribution in [-0.2, 0) is 4.74 Å². The minimum atomic E-state index is -0.0000435. The standard InChI is InChI=1S/C15H16N2O3S/c1-9-6-17(7-10(2)20-9)15(19)11-3-4-12-13(5-11)21-14(8-18)16-12/h3-5,8-10H,6-7H2,1-2H3. The van der Waals surface area contributed by atoms with Gasteiger partial charge in [0.05, 0.1) is 22.4 Å². The number of rotatable bonds is 2. The summed E-state index contributed by atoms with van der Waals surface area (Å²) >= 11 is 1.30. The van der Waals surface area contributed by atoms with E-state index in [9.17, 15) is 9.59 Å². The van der Waals surface area contributed by atoms with Crippen molar-refractivity contribution in [3.8, 4) is 0 Å². The highest BCUT2D eigenvalue weighted by atomic mass is 32.1. The molecule has 110 valence electrons. The van der Waals surface area contributed by atoms with E-state index >= 15 is 0 Å². The zero-order valence-corrected chi connectivity index (χ0v) is 12.7. The van der Waals surface area contributed by atoms with Crippen molar-refractivity contribution >= 4 is 33.7 Å². The van der Waals surface area contributed by atoms with Crippen LogP contribution in [0.15, 0.2) is 18.2 Å². The molecule has 2 unspecified atom stereocenters. The van der Waals surface area contributed by atoms with E-state index in [0.717, 1.165) is 16.5 Å². The predicted octanol–water partition coefficient (Wildman–Crippen LogP) is 2.36. The predicted molar refractivity (Wildman–Crippen MR) is 80.9 cm³/mol. The first kappa shape index (κ1) is 14.2. The summed E-state index contributed by atoms with van der Waals surface area (Å²) in [5.74, 6) is -0.0000435. The van der Waals surface area contributed by atoms with Gasteiger partial charge in [0.15, 0.2) is 11.3 Å². The fourth-order valence-electron chi connectivity index (χ4n) is 2.65. The number of aromatic nitrogens is 1. The second-order valence-electron chi connectivity index (χ2n) is 5.32. The van der Waals surface area contributed by atoms with Gasteiger partial charge in [-0.3, -0.25) is 9.59 Å². The molecule has 0 bridgehead atoms. The lowest BCUT2D eigenvalue weighted by Gasteiger charge is -2.35. The van der Waals surface area contributed by atoms with Crippen LogP contribution in [0.5, 0.6) is 0 Å². The van der Waals surface area contributed by atoms with Crippen molar-refractivity contribution in [3.63, 3.8) is 0 Å². The Morgan fingerprint density at radius 3 is 2.76 bits per heavy atom.